The first-order chi connectivity index (χ1) is 10.2. The minimum Gasteiger partial charge on any atom is -0.494 e. The van der Waals surface area contributed by atoms with Gasteiger partial charge in [-0.25, -0.2) is 0 Å². The van der Waals surface area contributed by atoms with Gasteiger partial charge in [0.15, 0.2) is 0 Å². The highest BCUT2D eigenvalue weighted by molar-refractivity contribution is 5.66. The Bertz CT molecular complexity index is 461. The van der Waals surface area contributed by atoms with Gasteiger partial charge in [-0.1, -0.05) is 24.6 Å². The molecule has 4 heteroatoms. The Morgan fingerprint density at radius 3 is 2.95 bits per heavy atom. The van der Waals surface area contributed by atoms with Crippen molar-refractivity contribution < 1.29 is 14.6 Å². The number of carboxylic acids is 1. The molecule has 0 aliphatic carbocycles. The molecule has 0 bridgehead atoms. The van der Waals surface area contributed by atoms with Gasteiger partial charge in [-0.3, -0.25) is 9.69 Å². The Labute approximate surface area is 126 Å². The SMILES string of the molecule is CCOc1ccccc1CN1CCCCC1CCC(=O)O. The molecule has 1 aromatic rings. The summed E-state index contributed by atoms with van der Waals surface area (Å²) in [6.07, 6.45) is 4.50. The number of benzene rings is 1. The van der Waals surface area contributed by atoms with Gasteiger partial charge in [0.05, 0.1) is 6.61 Å². The Morgan fingerprint density at radius 1 is 1.38 bits per heavy atom. The monoisotopic (exact) mass is 291 g/mol. The lowest BCUT2D eigenvalue weighted by molar-refractivity contribution is -0.137. The largest absolute Gasteiger partial charge is 0.494 e. The lowest BCUT2D eigenvalue weighted by Gasteiger charge is -2.36. The highest BCUT2D eigenvalue weighted by Gasteiger charge is 2.23. The van der Waals surface area contributed by atoms with Crippen LogP contribution in [0.1, 0.15) is 44.6 Å². The van der Waals surface area contributed by atoms with Crippen molar-refractivity contribution >= 4 is 5.97 Å². The normalized spacial score (nSPS) is 19.4. The van der Waals surface area contributed by atoms with Crippen LogP contribution in [0.5, 0.6) is 5.75 Å². The van der Waals surface area contributed by atoms with Crippen LogP contribution in [0, 0.1) is 0 Å². The summed E-state index contributed by atoms with van der Waals surface area (Å²) in [7, 11) is 0. The van der Waals surface area contributed by atoms with Gasteiger partial charge in [0.1, 0.15) is 5.75 Å². The minimum absolute atomic E-state index is 0.258. The smallest absolute Gasteiger partial charge is 0.303 e. The number of aliphatic carboxylic acids is 1. The molecule has 4 nitrogen and oxygen atoms in total. The Kier molecular flexibility index (Phi) is 6.05. The predicted molar refractivity (Wildman–Crippen MR) is 82.5 cm³/mol. The topological polar surface area (TPSA) is 49.8 Å². The number of carboxylic acid groups (broad SMARTS) is 1. The van der Waals surface area contributed by atoms with Crippen LogP contribution in [-0.2, 0) is 11.3 Å². The molecule has 1 heterocycles. The van der Waals surface area contributed by atoms with Crippen molar-refractivity contribution in [2.75, 3.05) is 13.2 Å². The van der Waals surface area contributed by atoms with Gasteiger partial charge in [0.25, 0.3) is 0 Å². The molecule has 1 N–H and O–H groups in total. The fourth-order valence-corrected chi connectivity index (χ4v) is 3.03. The molecule has 1 saturated heterocycles. The van der Waals surface area contributed by atoms with Crippen molar-refractivity contribution in [2.45, 2.75) is 51.6 Å². The third-order valence-corrected chi connectivity index (χ3v) is 4.09. The molecule has 1 aromatic carbocycles. The molecule has 21 heavy (non-hydrogen) atoms. The number of carbonyl (C=O) groups is 1. The van der Waals surface area contributed by atoms with E-state index in [-0.39, 0.29) is 6.42 Å². The maximum atomic E-state index is 10.8. The van der Waals surface area contributed by atoms with Gasteiger partial charge < -0.3 is 9.84 Å². The second-order valence-corrected chi connectivity index (χ2v) is 5.59. The first kappa shape index (κ1) is 15.8. The van der Waals surface area contributed by atoms with Crippen molar-refractivity contribution in [3.05, 3.63) is 29.8 Å². The Morgan fingerprint density at radius 2 is 2.19 bits per heavy atom. The highest BCUT2D eigenvalue weighted by atomic mass is 16.5. The number of ether oxygens (including phenoxy) is 1. The predicted octanol–water partition coefficient (Wildman–Crippen LogP) is 3.30. The third kappa shape index (κ3) is 4.74. The van der Waals surface area contributed by atoms with E-state index < -0.39 is 5.97 Å². The number of hydrogen-bond donors (Lipinski definition) is 1. The van der Waals surface area contributed by atoms with Gasteiger partial charge in [0.2, 0.25) is 0 Å². The van der Waals surface area contributed by atoms with Crippen LogP contribution in [0.3, 0.4) is 0 Å². The number of hydrogen-bond acceptors (Lipinski definition) is 3. The summed E-state index contributed by atoms with van der Waals surface area (Å²) in [6.45, 7) is 4.55. The first-order valence-corrected chi connectivity index (χ1v) is 7.87. The fraction of sp³-hybridized carbons (Fsp3) is 0.588. The summed E-state index contributed by atoms with van der Waals surface area (Å²) >= 11 is 0. The summed E-state index contributed by atoms with van der Waals surface area (Å²) < 4.78 is 5.69. The molecule has 2 rings (SSSR count). The van der Waals surface area contributed by atoms with Crippen LogP contribution < -0.4 is 4.74 Å². The van der Waals surface area contributed by atoms with Gasteiger partial charge in [-0.15, -0.1) is 0 Å². The summed E-state index contributed by atoms with van der Waals surface area (Å²) in [5.74, 6) is 0.248. The number of para-hydroxylation sites is 1. The lowest BCUT2D eigenvalue weighted by Crippen LogP contribution is -2.39. The standard InChI is InChI=1S/C17H25NO3/c1-2-21-16-9-4-3-7-14(16)13-18-12-6-5-8-15(18)10-11-17(19)20/h3-4,7,9,15H,2,5-6,8,10-13H2,1H3,(H,19,20). The summed E-state index contributed by atoms with van der Waals surface area (Å²) in [5, 5.41) is 8.90. The van der Waals surface area contributed by atoms with Gasteiger partial charge in [-0.05, 0) is 38.8 Å². The van der Waals surface area contributed by atoms with Crippen molar-refractivity contribution in [3.8, 4) is 5.75 Å². The number of nitrogens with zero attached hydrogens (tertiary/aromatic N) is 1. The number of likely N-dealkylation sites (tertiary alicyclic amines) is 1. The lowest BCUT2D eigenvalue weighted by atomic mass is 9.97. The van der Waals surface area contributed by atoms with E-state index in [9.17, 15) is 4.79 Å². The summed E-state index contributed by atoms with van der Waals surface area (Å²) in [6, 6.07) is 8.52. The average Bonchev–Trinajstić information content (AvgIpc) is 2.48. The molecule has 1 atom stereocenters. The quantitative estimate of drug-likeness (QED) is 0.837. The van der Waals surface area contributed by atoms with E-state index in [0.717, 1.165) is 31.7 Å². The van der Waals surface area contributed by atoms with Crippen LogP contribution in [0.15, 0.2) is 24.3 Å². The second kappa shape index (κ2) is 8.03. The zero-order chi connectivity index (χ0) is 15.1. The Hall–Kier alpha value is -1.55. The van der Waals surface area contributed by atoms with E-state index >= 15 is 0 Å². The fourth-order valence-electron chi connectivity index (χ4n) is 3.03. The average molecular weight is 291 g/mol. The zero-order valence-corrected chi connectivity index (χ0v) is 12.8. The maximum Gasteiger partial charge on any atom is 0.303 e. The van der Waals surface area contributed by atoms with Crippen molar-refractivity contribution in [2.24, 2.45) is 0 Å². The summed E-state index contributed by atoms with van der Waals surface area (Å²) in [4.78, 5) is 13.2. The van der Waals surface area contributed by atoms with Crippen molar-refractivity contribution in [1.82, 2.24) is 4.90 Å². The molecule has 1 aliphatic rings. The van der Waals surface area contributed by atoms with Crippen LogP contribution >= 0.6 is 0 Å². The minimum atomic E-state index is -0.699. The molecule has 116 valence electrons. The molecular weight excluding hydrogens is 266 g/mol. The molecule has 1 unspecified atom stereocenters. The maximum absolute atomic E-state index is 10.8. The van der Waals surface area contributed by atoms with Gasteiger partial charge in [0, 0.05) is 24.6 Å². The molecule has 1 aliphatic heterocycles. The molecule has 1 fully saturated rings. The zero-order valence-electron chi connectivity index (χ0n) is 12.8. The first-order valence-electron chi connectivity index (χ1n) is 7.87. The number of rotatable bonds is 7. The van der Waals surface area contributed by atoms with Crippen molar-refractivity contribution in [3.63, 3.8) is 0 Å². The van der Waals surface area contributed by atoms with E-state index in [2.05, 4.69) is 11.0 Å². The van der Waals surface area contributed by atoms with E-state index in [4.69, 9.17) is 9.84 Å². The summed E-state index contributed by atoms with van der Waals surface area (Å²) in [5.41, 5.74) is 1.20. The van der Waals surface area contributed by atoms with Crippen LogP contribution in [0.2, 0.25) is 0 Å². The van der Waals surface area contributed by atoms with Gasteiger partial charge in [-0.2, -0.15) is 0 Å². The third-order valence-electron chi connectivity index (χ3n) is 4.09. The van der Waals surface area contributed by atoms with Crippen LogP contribution in [-0.4, -0.2) is 35.2 Å². The van der Waals surface area contributed by atoms with Gasteiger partial charge >= 0.3 is 5.97 Å². The highest BCUT2D eigenvalue weighted by Crippen LogP contribution is 2.26. The molecular formula is C17H25NO3. The van der Waals surface area contributed by atoms with Crippen LogP contribution in [0.4, 0.5) is 0 Å². The molecule has 0 amide bonds. The molecule has 0 aromatic heterocycles. The van der Waals surface area contributed by atoms with E-state index in [1.165, 1.54) is 18.4 Å². The van der Waals surface area contributed by atoms with Crippen molar-refractivity contribution in [1.29, 1.82) is 0 Å². The van der Waals surface area contributed by atoms with E-state index in [0.29, 0.717) is 12.6 Å². The van der Waals surface area contributed by atoms with Crippen LogP contribution in [0.25, 0.3) is 0 Å². The van der Waals surface area contributed by atoms with E-state index in [1.54, 1.807) is 0 Å². The molecule has 0 radical (unpaired) electrons. The Balaban J connectivity index is 2.03. The second-order valence-electron chi connectivity index (χ2n) is 5.59. The molecule has 0 saturated carbocycles. The number of piperidine rings is 1. The molecule has 0 spiro atoms. The van der Waals surface area contributed by atoms with E-state index in [1.807, 2.05) is 25.1 Å².